The van der Waals surface area contributed by atoms with Crippen LogP contribution in [0.4, 0.5) is 0 Å². The van der Waals surface area contributed by atoms with Gasteiger partial charge in [0, 0.05) is 23.6 Å². The maximum Gasteiger partial charge on any atom is 0.338 e. The van der Waals surface area contributed by atoms with Crippen LogP contribution in [0.1, 0.15) is 52.6 Å². The highest BCUT2D eigenvalue weighted by molar-refractivity contribution is 8.19. The summed E-state index contributed by atoms with van der Waals surface area (Å²) in [6.45, 7) is -0.345. The molecule has 1 aliphatic carbocycles. The van der Waals surface area contributed by atoms with Gasteiger partial charge in [-0.2, -0.15) is 0 Å². The lowest BCUT2D eigenvalue weighted by atomic mass is 10.1. The summed E-state index contributed by atoms with van der Waals surface area (Å²) in [6.07, 6.45) is 4.32. The van der Waals surface area contributed by atoms with Crippen LogP contribution < -0.4 is 0 Å². The smallest absolute Gasteiger partial charge is 0.338 e. The molecule has 0 spiro atoms. The Morgan fingerprint density at radius 1 is 1.00 bits per heavy atom. The first-order valence-electron chi connectivity index (χ1n) is 10.4. The van der Waals surface area contributed by atoms with Gasteiger partial charge in [-0.15, -0.1) is 23.5 Å². The van der Waals surface area contributed by atoms with Crippen LogP contribution in [0.25, 0.3) is 0 Å². The summed E-state index contributed by atoms with van der Waals surface area (Å²) in [5.41, 5.74) is 1.61. The summed E-state index contributed by atoms with van der Waals surface area (Å²) in [5.74, 6) is 1.61. The Morgan fingerprint density at radius 2 is 1.67 bits per heavy atom. The van der Waals surface area contributed by atoms with E-state index in [4.69, 9.17) is 4.74 Å². The number of hydrogen-bond donors (Lipinski definition) is 0. The Balaban J connectivity index is 1.37. The van der Waals surface area contributed by atoms with Crippen molar-refractivity contribution < 1.29 is 22.7 Å². The van der Waals surface area contributed by atoms with Gasteiger partial charge in [-0.05, 0) is 37.0 Å². The molecule has 2 heterocycles. The fourth-order valence-electron chi connectivity index (χ4n) is 4.49. The molecule has 2 aliphatic heterocycles. The highest BCUT2D eigenvalue weighted by atomic mass is 32.2. The molecule has 1 unspecified atom stereocenters. The summed E-state index contributed by atoms with van der Waals surface area (Å²) < 4.78 is 29.6. The Labute approximate surface area is 186 Å². The number of ether oxygens (including phenoxy) is 1. The molecule has 0 N–H and O–H groups in total. The third-order valence-corrected chi connectivity index (χ3v) is 10.8. The van der Waals surface area contributed by atoms with E-state index in [1.807, 2.05) is 35.7 Å². The second-order valence-electron chi connectivity index (χ2n) is 8.07. The number of sulfone groups is 1. The maximum absolute atomic E-state index is 12.9. The van der Waals surface area contributed by atoms with Gasteiger partial charge in [0.2, 0.25) is 0 Å². The topological polar surface area (TPSA) is 80.8 Å². The lowest BCUT2D eigenvalue weighted by Gasteiger charge is -2.33. The Morgan fingerprint density at radius 3 is 2.27 bits per heavy atom. The quantitative estimate of drug-likeness (QED) is 0.592. The molecule has 2 saturated heterocycles. The van der Waals surface area contributed by atoms with Crippen LogP contribution in [-0.2, 0) is 19.4 Å². The summed E-state index contributed by atoms with van der Waals surface area (Å²) in [4.78, 5) is 27.1. The molecule has 30 heavy (non-hydrogen) atoms. The van der Waals surface area contributed by atoms with E-state index in [-0.39, 0.29) is 36.1 Å². The van der Waals surface area contributed by atoms with Crippen LogP contribution in [0.2, 0.25) is 0 Å². The number of hydrogen-bond acceptors (Lipinski definition) is 7. The molecule has 0 bridgehead atoms. The molecular formula is C21H27NO5S3. The van der Waals surface area contributed by atoms with E-state index < -0.39 is 15.8 Å². The molecule has 1 amide bonds. The van der Waals surface area contributed by atoms with Gasteiger partial charge in [-0.1, -0.05) is 25.0 Å². The molecule has 6 nitrogen and oxygen atoms in total. The van der Waals surface area contributed by atoms with E-state index in [0.717, 1.165) is 37.2 Å². The molecule has 1 atom stereocenters. The molecular weight excluding hydrogens is 442 g/mol. The van der Waals surface area contributed by atoms with Crippen molar-refractivity contribution >= 4 is 45.2 Å². The molecule has 0 aromatic heterocycles. The van der Waals surface area contributed by atoms with Crippen molar-refractivity contribution in [1.29, 1.82) is 0 Å². The Hall–Kier alpha value is -1.19. The minimum atomic E-state index is -3.09. The normalized spacial score (nSPS) is 24.2. The SMILES string of the molecule is O=C(OCC(=O)N(C1CCCC1)C1CCS(=O)(=O)C1)c1ccc(C2SCCS2)cc1. The maximum atomic E-state index is 12.9. The Kier molecular flexibility index (Phi) is 6.99. The van der Waals surface area contributed by atoms with E-state index >= 15 is 0 Å². The van der Waals surface area contributed by atoms with Crippen molar-refractivity contribution in [2.45, 2.75) is 48.8 Å². The van der Waals surface area contributed by atoms with Crippen LogP contribution in [0.5, 0.6) is 0 Å². The number of nitrogens with zero attached hydrogens (tertiary/aromatic N) is 1. The van der Waals surface area contributed by atoms with Crippen molar-refractivity contribution in [2.24, 2.45) is 0 Å². The molecule has 4 rings (SSSR count). The standard InChI is InChI=1S/C21H27NO5S3/c23-19(22(17-3-1-2-4-17)18-9-12-30(25,26)14-18)13-27-20(24)15-5-7-16(8-6-15)21-28-10-11-29-21/h5-8,17-18,21H,1-4,9-14H2. The zero-order chi connectivity index (χ0) is 21.1. The van der Waals surface area contributed by atoms with E-state index in [9.17, 15) is 18.0 Å². The minimum absolute atomic E-state index is 0.0157. The van der Waals surface area contributed by atoms with Gasteiger partial charge < -0.3 is 9.64 Å². The van der Waals surface area contributed by atoms with Gasteiger partial charge in [-0.3, -0.25) is 4.79 Å². The molecule has 164 valence electrons. The first-order chi connectivity index (χ1) is 14.4. The fraction of sp³-hybridized carbons (Fsp3) is 0.619. The van der Waals surface area contributed by atoms with Crippen molar-refractivity contribution in [2.75, 3.05) is 29.6 Å². The monoisotopic (exact) mass is 469 g/mol. The zero-order valence-electron chi connectivity index (χ0n) is 16.8. The van der Waals surface area contributed by atoms with Crippen LogP contribution in [0, 0.1) is 0 Å². The van der Waals surface area contributed by atoms with Crippen molar-refractivity contribution in [3.05, 3.63) is 35.4 Å². The summed E-state index contributed by atoms with van der Waals surface area (Å²) in [5, 5.41) is 0. The first-order valence-corrected chi connectivity index (χ1v) is 14.4. The van der Waals surface area contributed by atoms with E-state index in [1.54, 1.807) is 17.0 Å². The number of benzene rings is 1. The lowest BCUT2D eigenvalue weighted by molar-refractivity contribution is -0.139. The van der Waals surface area contributed by atoms with Gasteiger partial charge in [0.1, 0.15) is 0 Å². The molecule has 3 fully saturated rings. The average molecular weight is 470 g/mol. The molecule has 0 radical (unpaired) electrons. The van der Waals surface area contributed by atoms with Gasteiger partial charge >= 0.3 is 5.97 Å². The summed E-state index contributed by atoms with van der Waals surface area (Å²) in [7, 11) is -3.09. The number of amides is 1. The predicted octanol–water partition coefficient (Wildman–Crippen LogP) is 3.28. The minimum Gasteiger partial charge on any atom is -0.452 e. The third kappa shape index (κ3) is 5.16. The molecule has 1 aromatic rings. The summed E-state index contributed by atoms with van der Waals surface area (Å²) in [6, 6.07) is 7.14. The average Bonchev–Trinajstić information content (AvgIpc) is 3.49. The van der Waals surface area contributed by atoms with Crippen LogP contribution in [-0.4, -0.2) is 66.9 Å². The second-order valence-corrected chi connectivity index (χ2v) is 13.0. The van der Waals surface area contributed by atoms with Crippen LogP contribution in [0.15, 0.2) is 24.3 Å². The van der Waals surface area contributed by atoms with Crippen molar-refractivity contribution in [3.8, 4) is 0 Å². The van der Waals surface area contributed by atoms with E-state index in [0.29, 0.717) is 16.6 Å². The number of thioether (sulfide) groups is 2. The van der Waals surface area contributed by atoms with E-state index in [1.165, 1.54) is 5.56 Å². The fourth-order valence-corrected chi connectivity index (χ4v) is 9.07. The highest BCUT2D eigenvalue weighted by Gasteiger charge is 2.39. The predicted molar refractivity (Wildman–Crippen MR) is 121 cm³/mol. The number of carbonyl (C=O) groups is 2. The van der Waals surface area contributed by atoms with Crippen molar-refractivity contribution in [3.63, 3.8) is 0 Å². The van der Waals surface area contributed by atoms with Gasteiger partial charge in [-0.25, -0.2) is 13.2 Å². The lowest BCUT2D eigenvalue weighted by Crippen LogP contribution is -2.48. The molecule has 1 aromatic carbocycles. The number of esters is 1. The number of rotatable bonds is 6. The van der Waals surface area contributed by atoms with Gasteiger partial charge in [0.05, 0.1) is 21.7 Å². The van der Waals surface area contributed by atoms with E-state index in [2.05, 4.69) is 0 Å². The molecule has 3 aliphatic rings. The molecule has 1 saturated carbocycles. The van der Waals surface area contributed by atoms with Gasteiger partial charge in [0.25, 0.3) is 5.91 Å². The van der Waals surface area contributed by atoms with Crippen LogP contribution in [0.3, 0.4) is 0 Å². The third-order valence-electron chi connectivity index (χ3n) is 5.97. The Bertz CT molecular complexity index is 874. The van der Waals surface area contributed by atoms with Crippen LogP contribution >= 0.6 is 23.5 Å². The second kappa shape index (κ2) is 9.53. The largest absolute Gasteiger partial charge is 0.452 e. The number of carbonyl (C=O) groups excluding carboxylic acids is 2. The molecule has 9 heteroatoms. The summed E-state index contributed by atoms with van der Waals surface area (Å²) >= 11 is 3.81. The first kappa shape index (κ1) is 22.0. The zero-order valence-corrected chi connectivity index (χ0v) is 19.3. The van der Waals surface area contributed by atoms with Crippen molar-refractivity contribution in [1.82, 2.24) is 4.90 Å². The highest BCUT2D eigenvalue weighted by Crippen LogP contribution is 2.45. The van der Waals surface area contributed by atoms with Gasteiger partial charge in [0.15, 0.2) is 16.4 Å².